The molecule has 0 atom stereocenters. The summed E-state index contributed by atoms with van der Waals surface area (Å²) in [5.41, 5.74) is 1.10. The van der Waals surface area contributed by atoms with Crippen molar-refractivity contribution >= 4 is 5.91 Å². The van der Waals surface area contributed by atoms with Crippen LogP contribution in [-0.2, 0) is 14.9 Å². The highest BCUT2D eigenvalue weighted by atomic mass is 16.5. The average molecular weight is 247 g/mol. The van der Waals surface area contributed by atoms with Crippen molar-refractivity contribution in [2.75, 3.05) is 26.3 Å². The molecule has 1 fully saturated rings. The first-order valence-corrected chi connectivity index (χ1v) is 6.51. The van der Waals surface area contributed by atoms with E-state index in [9.17, 15) is 4.79 Å². The Morgan fingerprint density at radius 1 is 1.22 bits per heavy atom. The Kier molecular flexibility index (Phi) is 4.02. The van der Waals surface area contributed by atoms with Crippen molar-refractivity contribution in [1.82, 2.24) is 4.90 Å². The molecule has 18 heavy (non-hydrogen) atoms. The molecule has 3 nitrogen and oxygen atoms in total. The normalized spacial score (nSPS) is 16.7. The van der Waals surface area contributed by atoms with Gasteiger partial charge in [0.05, 0.1) is 13.2 Å². The molecular weight excluding hydrogens is 226 g/mol. The summed E-state index contributed by atoms with van der Waals surface area (Å²) in [6, 6.07) is 10.2. The third-order valence-corrected chi connectivity index (χ3v) is 3.51. The topological polar surface area (TPSA) is 29.5 Å². The molecule has 0 aliphatic carbocycles. The van der Waals surface area contributed by atoms with Crippen LogP contribution in [0.2, 0.25) is 0 Å². The number of hydrogen-bond acceptors (Lipinski definition) is 2. The SMILES string of the molecule is CC(C)(CC(=O)N1CCOCC1)c1ccccc1. The maximum absolute atomic E-state index is 12.3. The molecule has 1 aliphatic heterocycles. The summed E-state index contributed by atoms with van der Waals surface area (Å²) >= 11 is 0. The minimum atomic E-state index is -0.114. The van der Waals surface area contributed by atoms with Gasteiger partial charge in [0.25, 0.3) is 0 Å². The zero-order valence-electron chi connectivity index (χ0n) is 11.2. The fourth-order valence-corrected chi connectivity index (χ4v) is 2.29. The van der Waals surface area contributed by atoms with Crippen molar-refractivity contribution in [3.05, 3.63) is 35.9 Å². The van der Waals surface area contributed by atoms with Gasteiger partial charge in [-0.15, -0.1) is 0 Å². The van der Waals surface area contributed by atoms with Gasteiger partial charge in [-0.25, -0.2) is 0 Å². The average Bonchev–Trinajstić information content (AvgIpc) is 2.40. The highest BCUT2D eigenvalue weighted by molar-refractivity contribution is 5.77. The summed E-state index contributed by atoms with van der Waals surface area (Å²) < 4.78 is 5.27. The number of amides is 1. The van der Waals surface area contributed by atoms with E-state index in [1.807, 2.05) is 23.1 Å². The first-order chi connectivity index (χ1) is 8.59. The molecule has 1 heterocycles. The van der Waals surface area contributed by atoms with Gasteiger partial charge in [-0.1, -0.05) is 44.2 Å². The van der Waals surface area contributed by atoms with Crippen LogP contribution in [0.1, 0.15) is 25.8 Å². The summed E-state index contributed by atoms with van der Waals surface area (Å²) in [6.07, 6.45) is 0.553. The predicted octanol–water partition coefficient (Wildman–Crippen LogP) is 2.21. The van der Waals surface area contributed by atoms with Crippen LogP contribution in [0, 0.1) is 0 Å². The quantitative estimate of drug-likeness (QED) is 0.819. The van der Waals surface area contributed by atoms with E-state index >= 15 is 0 Å². The largest absolute Gasteiger partial charge is 0.378 e. The smallest absolute Gasteiger partial charge is 0.223 e. The molecule has 0 bridgehead atoms. The Morgan fingerprint density at radius 3 is 2.44 bits per heavy atom. The van der Waals surface area contributed by atoms with E-state index in [2.05, 4.69) is 26.0 Å². The zero-order valence-corrected chi connectivity index (χ0v) is 11.2. The van der Waals surface area contributed by atoms with Crippen molar-refractivity contribution in [3.8, 4) is 0 Å². The molecule has 0 radical (unpaired) electrons. The monoisotopic (exact) mass is 247 g/mol. The van der Waals surface area contributed by atoms with E-state index in [1.165, 1.54) is 5.56 Å². The van der Waals surface area contributed by atoms with Gasteiger partial charge in [0.2, 0.25) is 5.91 Å². The molecule has 0 unspecified atom stereocenters. The second kappa shape index (κ2) is 5.53. The van der Waals surface area contributed by atoms with Gasteiger partial charge in [0.1, 0.15) is 0 Å². The molecule has 3 heteroatoms. The lowest BCUT2D eigenvalue weighted by Gasteiger charge is -2.31. The standard InChI is InChI=1S/C15H21NO2/c1-15(2,13-6-4-3-5-7-13)12-14(17)16-8-10-18-11-9-16/h3-7H,8-12H2,1-2H3. The van der Waals surface area contributed by atoms with Crippen molar-refractivity contribution in [3.63, 3.8) is 0 Å². The molecule has 0 aromatic heterocycles. The van der Waals surface area contributed by atoms with Crippen LogP contribution in [-0.4, -0.2) is 37.1 Å². The number of ether oxygens (including phenoxy) is 1. The Morgan fingerprint density at radius 2 is 1.83 bits per heavy atom. The number of benzene rings is 1. The van der Waals surface area contributed by atoms with Crippen LogP contribution in [0.3, 0.4) is 0 Å². The van der Waals surface area contributed by atoms with Crippen molar-refractivity contribution < 1.29 is 9.53 Å². The molecule has 0 saturated carbocycles. The number of carbonyl (C=O) groups excluding carboxylic acids is 1. The Balaban J connectivity index is 2.01. The van der Waals surface area contributed by atoms with Crippen molar-refractivity contribution in [1.29, 1.82) is 0 Å². The van der Waals surface area contributed by atoms with Crippen molar-refractivity contribution in [2.24, 2.45) is 0 Å². The Labute approximate surface area is 109 Å². The second-order valence-corrected chi connectivity index (χ2v) is 5.42. The molecule has 1 amide bonds. The summed E-state index contributed by atoms with van der Waals surface area (Å²) in [4.78, 5) is 14.2. The van der Waals surface area contributed by atoms with Gasteiger partial charge >= 0.3 is 0 Å². The minimum Gasteiger partial charge on any atom is -0.378 e. The zero-order chi connectivity index (χ0) is 13.0. The number of carbonyl (C=O) groups is 1. The van der Waals surface area contributed by atoms with Gasteiger partial charge in [0.15, 0.2) is 0 Å². The maximum atomic E-state index is 12.3. The number of nitrogens with zero attached hydrogens (tertiary/aromatic N) is 1. The lowest BCUT2D eigenvalue weighted by Crippen LogP contribution is -2.42. The van der Waals surface area contributed by atoms with Gasteiger partial charge in [0, 0.05) is 19.5 Å². The van der Waals surface area contributed by atoms with Crippen molar-refractivity contribution in [2.45, 2.75) is 25.7 Å². The van der Waals surface area contributed by atoms with E-state index < -0.39 is 0 Å². The second-order valence-electron chi connectivity index (χ2n) is 5.42. The Hall–Kier alpha value is -1.35. The lowest BCUT2D eigenvalue weighted by molar-refractivity contribution is -0.136. The molecular formula is C15H21NO2. The van der Waals surface area contributed by atoms with Crippen LogP contribution in [0.5, 0.6) is 0 Å². The van der Waals surface area contributed by atoms with Crippen LogP contribution in [0.4, 0.5) is 0 Å². The molecule has 1 aromatic rings. The number of hydrogen-bond donors (Lipinski definition) is 0. The van der Waals surface area contributed by atoms with Crippen LogP contribution < -0.4 is 0 Å². The van der Waals surface area contributed by atoms with E-state index in [1.54, 1.807) is 0 Å². The highest BCUT2D eigenvalue weighted by Gasteiger charge is 2.27. The lowest BCUT2D eigenvalue weighted by atomic mass is 9.81. The third kappa shape index (κ3) is 3.10. The van der Waals surface area contributed by atoms with Crippen LogP contribution in [0.15, 0.2) is 30.3 Å². The minimum absolute atomic E-state index is 0.114. The van der Waals surface area contributed by atoms with Crippen LogP contribution >= 0.6 is 0 Å². The summed E-state index contributed by atoms with van der Waals surface area (Å²) in [5.74, 6) is 0.229. The number of morpholine rings is 1. The molecule has 98 valence electrons. The fourth-order valence-electron chi connectivity index (χ4n) is 2.29. The Bertz CT molecular complexity index is 394. The first kappa shape index (κ1) is 13.1. The van der Waals surface area contributed by atoms with Crippen LogP contribution in [0.25, 0.3) is 0 Å². The number of rotatable bonds is 3. The fraction of sp³-hybridized carbons (Fsp3) is 0.533. The maximum Gasteiger partial charge on any atom is 0.223 e. The molecule has 0 N–H and O–H groups in total. The van der Waals surface area contributed by atoms with E-state index in [4.69, 9.17) is 4.74 Å². The molecule has 0 spiro atoms. The highest BCUT2D eigenvalue weighted by Crippen LogP contribution is 2.27. The van der Waals surface area contributed by atoms with E-state index in [-0.39, 0.29) is 11.3 Å². The summed E-state index contributed by atoms with van der Waals surface area (Å²) in [5, 5.41) is 0. The van der Waals surface area contributed by atoms with Gasteiger partial charge < -0.3 is 9.64 Å². The molecule has 2 rings (SSSR count). The first-order valence-electron chi connectivity index (χ1n) is 6.51. The molecule has 1 aromatic carbocycles. The van der Waals surface area contributed by atoms with Gasteiger partial charge in [-0.3, -0.25) is 4.79 Å². The third-order valence-electron chi connectivity index (χ3n) is 3.51. The molecule has 1 saturated heterocycles. The van der Waals surface area contributed by atoms with E-state index in [0.717, 1.165) is 13.1 Å². The van der Waals surface area contributed by atoms with E-state index in [0.29, 0.717) is 19.6 Å². The molecule has 1 aliphatic rings. The van der Waals surface area contributed by atoms with Gasteiger partial charge in [-0.05, 0) is 11.0 Å². The van der Waals surface area contributed by atoms with Gasteiger partial charge in [-0.2, -0.15) is 0 Å². The summed E-state index contributed by atoms with van der Waals surface area (Å²) in [7, 11) is 0. The summed E-state index contributed by atoms with van der Waals surface area (Å²) in [6.45, 7) is 7.03. The predicted molar refractivity (Wildman–Crippen MR) is 71.5 cm³/mol.